The molecule has 0 radical (unpaired) electrons. The number of rotatable bonds is 5. The highest BCUT2D eigenvalue weighted by Gasteiger charge is 2.02. The molecule has 0 aromatic heterocycles. The molecule has 0 amide bonds. The maximum Gasteiger partial charge on any atom is 0.123 e. The maximum absolute atomic E-state index is 5.98. The topological polar surface area (TPSA) is 21.3 Å². The molecule has 1 N–H and O–H groups in total. The highest BCUT2D eigenvalue weighted by Crippen LogP contribution is 2.22. The SMILES string of the molecule is COc1ccccc1CNCc1ccc(Cl)c(Cl)c1. The summed E-state index contributed by atoms with van der Waals surface area (Å²) in [7, 11) is 1.68. The lowest BCUT2D eigenvalue weighted by Gasteiger charge is -2.09. The lowest BCUT2D eigenvalue weighted by molar-refractivity contribution is 0.407. The molecular formula is C15H15Cl2NO. The largest absolute Gasteiger partial charge is 0.496 e. The minimum Gasteiger partial charge on any atom is -0.496 e. The fourth-order valence-electron chi connectivity index (χ4n) is 1.84. The van der Waals surface area contributed by atoms with E-state index in [1.165, 1.54) is 0 Å². The molecule has 0 saturated carbocycles. The van der Waals surface area contributed by atoms with E-state index in [1.807, 2.05) is 42.5 Å². The number of methoxy groups -OCH3 is 1. The van der Waals surface area contributed by atoms with Crippen LogP contribution in [0.2, 0.25) is 10.0 Å². The summed E-state index contributed by atoms with van der Waals surface area (Å²) in [5, 5.41) is 4.52. The number of hydrogen-bond donors (Lipinski definition) is 1. The molecule has 0 atom stereocenters. The van der Waals surface area contributed by atoms with Gasteiger partial charge in [-0.15, -0.1) is 0 Å². The van der Waals surface area contributed by atoms with E-state index >= 15 is 0 Å². The minimum atomic E-state index is 0.579. The van der Waals surface area contributed by atoms with Crippen LogP contribution in [0.4, 0.5) is 0 Å². The van der Waals surface area contributed by atoms with E-state index in [2.05, 4.69) is 5.32 Å². The van der Waals surface area contributed by atoms with Gasteiger partial charge < -0.3 is 10.1 Å². The molecule has 0 heterocycles. The van der Waals surface area contributed by atoms with Crippen LogP contribution in [0.25, 0.3) is 0 Å². The van der Waals surface area contributed by atoms with E-state index < -0.39 is 0 Å². The quantitative estimate of drug-likeness (QED) is 0.888. The second-order valence-corrected chi connectivity index (χ2v) is 4.98. The van der Waals surface area contributed by atoms with Gasteiger partial charge in [-0.2, -0.15) is 0 Å². The zero-order valence-electron chi connectivity index (χ0n) is 10.6. The molecular weight excluding hydrogens is 281 g/mol. The molecule has 0 aliphatic heterocycles. The average molecular weight is 296 g/mol. The Morgan fingerprint density at radius 1 is 1.00 bits per heavy atom. The van der Waals surface area contributed by atoms with Gasteiger partial charge in [0.15, 0.2) is 0 Å². The predicted molar refractivity (Wildman–Crippen MR) is 80.0 cm³/mol. The summed E-state index contributed by atoms with van der Waals surface area (Å²) in [6.45, 7) is 1.47. The molecule has 0 saturated heterocycles. The van der Waals surface area contributed by atoms with Crippen molar-refractivity contribution >= 4 is 23.2 Å². The van der Waals surface area contributed by atoms with Gasteiger partial charge >= 0.3 is 0 Å². The third-order valence-corrected chi connectivity index (χ3v) is 3.56. The zero-order chi connectivity index (χ0) is 13.7. The van der Waals surface area contributed by atoms with E-state index in [-0.39, 0.29) is 0 Å². The molecule has 0 spiro atoms. The van der Waals surface area contributed by atoms with Crippen LogP contribution in [0.3, 0.4) is 0 Å². The van der Waals surface area contributed by atoms with Gasteiger partial charge in [0.2, 0.25) is 0 Å². The molecule has 0 aliphatic carbocycles. The summed E-state index contributed by atoms with van der Waals surface area (Å²) in [6, 6.07) is 13.6. The van der Waals surface area contributed by atoms with E-state index in [0.29, 0.717) is 10.0 Å². The first-order chi connectivity index (χ1) is 9.20. The second kappa shape index (κ2) is 6.80. The molecule has 2 rings (SSSR count). The Kier molecular flexibility index (Phi) is 5.08. The third-order valence-electron chi connectivity index (χ3n) is 2.82. The van der Waals surface area contributed by atoms with E-state index in [4.69, 9.17) is 27.9 Å². The van der Waals surface area contributed by atoms with Crippen molar-refractivity contribution < 1.29 is 4.74 Å². The number of nitrogens with one attached hydrogen (secondary N) is 1. The van der Waals surface area contributed by atoms with Crippen molar-refractivity contribution in [2.24, 2.45) is 0 Å². The Hall–Kier alpha value is -1.22. The number of para-hydroxylation sites is 1. The summed E-state index contributed by atoms with van der Waals surface area (Å²) < 4.78 is 5.30. The summed E-state index contributed by atoms with van der Waals surface area (Å²) in [5.41, 5.74) is 2.23. The van der Waals surface area contributed by atoms with Crippen LogP contribution >= 0.6 is 23.2 Å². The first-order valence-corrected chi connectivity index (χ1v) is 6.73. The van der Waals surface area contributed by atoms with Crippen molar-refractivity contribution in [3.05, 3.63) is 63.6 Å². The van der Waals surface area contributed by atoms with Crippen molar-refractivity contribution in [3.63, 3.8) is 0 Å². The highest BCUT2D eigenvalue weighted by atomic mass is 35.5. The summed E-state index contributed by atoms with van der Waals surface area (Å²) in [5.74, 6) is 0.893. The lowest BCUT2D eigenvalue weighted by atomic mass is 10.2. The molecule has 0 aliphatic rings. The molecule has 2 nitrogen and oxygen atoms in total. The number of halogens is 2. The van der Waals surface area contributed by atoms with Gasteiger partial charge in [0.05, 0.1) is 17.2 Å². The van der Waals surface area contributed by atoms with Gasteiger partial charge in [-0.1, -0.05) is 47.5 Å². The first-order valence-electron chi connectivity index (χ1n) is 5.97. The van der Waals surface area contributed by atoms with Crippen LogP contribution in [0, 0.1) is 0 Å². The molecule has 19 heavy (non-hydrogen) atoms. The van der Waals surface area contributed by atoms with Crippen molar-refractivity contribution in [2.45, 2.75) is 13.1 Å². The highest BCUT2D eigenvalue weighted by molar-refractivity contribution is 6.42. The maximum atomic E-state index is 5.98. The third kappa shape index (κ3) is 3.87. The van der Waals surface area contributed by atoms with Crippen LogP contribution in [0.1, 0.15) is 11.1 Å². The Balaban J connectivity index is 1.94. The van der Waals surface area contributed by atoms with Gasteiger partial charge in [0, 0.05) is 18.7 Å². The summed E-state index contributed by atoms with van der Waals surface area (Å²) in [4.78, 5) is 0. The van der Waals surface area contributed by atoms with E-state index in [9.17, 15) is 0 Å². The fourth-order valence-corrected chi connectivity index (χ4v) is 2.16. The smallest absolute Gasteiger partial charge is 0.123 e. The van der Waals surface area contributed by atoms with Crippen LogP contribution in [-0.2, 0) is 13.1 Å². The molecule has 100 valence electrons. The average Bonchev–Trinajstić information content (AvgIpc) is 2.43. The van der Waals surface area contributed by atoms with Crippen LogP contribution in [0.15, 0.2) is 42.5 Å². The van der Waals surface area contributed by atoms with Crippen LogP contribution in [-0.4, -0.2) is 7.11 Å². The zero-order valence-corrected chi connectivity index (χ0v) is 12.1. The summed E-state index contributed by atoms with van der Waals surface area (Å²) >= 11 is 11.9. The Labute approximate surface area is 123 Å². The fraction of sp³-hybridized carbons (Fsp3) is 0.200. The van der Waals surface area contributed by atoms with Gasteiger partial charge in [0.25, 0.3) is 0 Å². The van der Waals surface area contributed by atoms with E-state index in [1.54, 1.807) is 7.11 Å². The van der Waals surface area contributed by atoms with Gasteiger partial charge in [0.1, 0.15) is 5.75 Å². The minimum absolute atomic E-state index is 0.579. The molecule has 4 heteroatoms. The van der Waals surface area contributed by atoms with Crippen molar-refractivity contribution in [3.8, 4) is 5.75 Å². The molecule has 0 fully saturated rings. The van der Waals surface area contributed by atoms with Crippen molar-refractivity contribution in [1.82, 2.24) is 5.32 Å². The number of benzene rings is 2. The number of ether oxygens (including phenoxy) is 1. The van der Waals surface area contributed by atoms with Crippen molar-refractivity contribution in [2.75, 3.05) is 7.11 Å². The first kappa shape index (κ1) is 14.2. The van der Waals surface area contributed by atoms with Gasteiger partial charge in [-0.3, -0.25) is 0 Å². The van der Waals surface area contributed by atoms with Crippen LogP contribution < -0.4 is 10.1 Å². The molecule has 2 aromatic carbocycles. The molecule has 2 aromatic rings. The van der Waals surface area contributed by atoms with Crippen LogP contribution in [0.5, 0.6) is 5.75 Å². The van der Waals surface area contributed by atoms with Crippen molar-refractivity contribution in [1.29, 1.82) is 0 Å². The second-order valence-electron chi connectivity index (χ2n) is 4.16. The number of hydrogen-bond acceptors (Lipinski definition) is 2. The van der Waals surface area contributed by atoms with Gasteiger partial charge in [-0.05, 0) is 23.8 Å². The Morgan fingerprint density at radius 2 is 1.79 bits per heavy atom. The normalized spacial score (nSPS) is 10.5. The Bertz CT molecular complexity index is 558. The molecule has 0 bridgehead atoms. The van der Waals surface area contributed by atoms with Gasteiger partial charge in [-0.25, -0.2) is 0 Å². The monoisotopic (exact) mass is 295 g/mol. The predicted octanol–water partition coefficient (Wildman–Crippen LogP) is 4.29. The summed E-state index contributed by atoms with van der Waals surface area (Å²) in [6.07, 6.45) is 0. The Morgan fingerprint density at radius 3 is 2.53 bits per heavy atom. The molecule has 0 unspecified atom stereocenters. The van der Waals surface area contributed by atoms with E-state index in [0.717, 1.165) is 30.0 Å². The lowest BCUT2D eigenvalue weighted by Crippen LogP contribution is -2.13. The standard InChI is InChI=1S/C15H15Cl2NO/c1-19-15-5-3-2-4-12(15)10-18-9-11-6-7-13(16)14(17)8-11/h2-8,18H,9-10H2,1H3.